The van der Waals surface area contributed by atoms with Crippen molar-refractivity contribution in [2.75, 3.05) is 5.73 Å². The molecule has 0 radical (unpaired) electrons. The fourth-order valence-electron chi connectivity index (χ4n) is 1.98. The van der Waals surface area contributed by atoms with E-state index in [1.165, 1.54) is 6.33 Å². The SMILES string of the molecule is Cn1nc(COc2cncnc2N)c2ccccc21. The first-order valence-corrected chi connectivity index (χ1v) is 5.84. The van der Waals surface area contributed by atoms with Gasteiger partial charge in [0.25, 0.3) is 0 Å². The molecule has 0 fully saturated rings. The smallest absolute Gasteiger partial charge is 0.180 e. The third-order valence-corrected chi connectivity index (χ3v) is 2.91. The van der Waals surface area contributed by atoms with Crippen LogP contribution < -0.4 is 10.5 Å². The van der Waals surface area contributed by atoms with Gasteiger partial charge in [-0.25, -0.2) is 9.97 Å². The number of hydrogen-bond donors (Lipinski definition) is 1. The number of nitrogens with two attached hydrogens (primary N) is 1. The maximum atomic E-state index is 5.70. The highest BCUT2D eigenvalue weighted by molar-refractivity contribution is 5.81. The second-order valence-corrected chi connectivity index (χ2v) is 4.15. The van der Waals surface area contributed by atoms with Crippen molar-refractivity contribution in [2.24, 2.45) is 7.05 Å². The van der Waals surface area contributed by atoms with Crippen LogP contribution >= 0.6 is 0 Å². The number of ether oxygens (including phenoxy) is 1. The van der Waals surface area contributed by atoms with Crippen LogP contribution in [-0.4, -0.2) is 19.7 Å². The van der Waals surface area contributed by atoms with Crippen molar-refractivity contribution in [1.29, 1.82) is 0 Å². The molecule has 0 atom stereocenters. The summed E-state index contributed by atoms with van der Waals surface area (Å²) in [5.74, 6) is 0.799. The first kappa shape index (κ1) is 11.5. The number of aromatic nitrogens is 4. The van der Waals surface area contributed by atoms with Crippen molar-refractivity contribution in [3.8, 4) is 5.75 Å². The van der Waals surface area contributed by atoms with Gasteiger partial charge in [-0.05, 0) is 6.07 Å². The number of nitrogens with zero attached hydrogens (tertiary/aromatic N) is 4. The Hall–Kier alpha value is -2.63. The van der Waals surface area contributed by atoms with Gasteiger partial charge in [-0.3, -0.25) is 4.68 Å². The van der Waals surface area contributed by atoms with Gasteiger partial charge in [0.2, 0.25) is 0 Å². The summed E-state index contributed by atoms with van der Waals surface area (Å²) in [5, 5.41) is 5.51. The first-order valence-electron chi connectivity index (χ1n) is 5.84. The average Bonchev–Trinajstić information content (AvgIpc) is 2.75. The number of aryl methyl sites for hydroxylation is 1. The maximum Gasteiger partial charge on any atom is 0.180 e. The summed E-state index contributed by atoms with van der Waals surface area (Å²) in [4.78, 5) is 7.76. The van der Waals surface area contributed by atoms with Gasteiger partial charge in [0.15, 0.2) is 11.6 Å². The Balaban J connectivity index is 1.88. The highest BCUT2D eigenvalue weighted by Gasteiger charge is 2.09. The predicted molar refractivity (Wildman–Crippen MR) is 71.5 cm³/mol. The van der Waals surface area contributed by atoms with Crippen LogP contribution in [0.1, 0.15) is 5.69 Å². The molecule has 0 saturated carbocycles. The third-order valence-electron chi connectivity index (χ3n) is 2.91. The normalized spacial score (nSPS) is 10.8. The van der Waals surface area contributed by atoms with Gasteiger partial charge in [0.05, 0.1) is 11.7 Å². The summed E-state index contributed by atoms with van der Waals surface area (Å²) in [6.45, 7) is 0.332. The molecule has 0 amide bonds. The maximum absolute atomic E-state index is 5.70. The van der Waals surface area contributed by atoms with Crippen LogP contribution in [0.15, 0.2) is 36.8 Å². The first-order chi connectivity index (χ1) is 9.25. The van der Waals surface area contributed by atoms with E-state index in [1.54, 1.807) is 6.20 Å². The average molecular weight is 255 g/mol. The highest BCUT2D eigenvalue weighted by Crippen LogP contribution is 2.21. The van der Waals surface area contributed by atoms with Crippen molar-refractivity contribution in [2.45, 2.75) is 6.61 Å². The van der Waals surface area contributed by atoms with E-state index in [1.807, 2.05) is 36.0 Å². The molecular formula is C13H13N5O. The van der Waals surface area contributed by atoms with Crippen molar-refractivity contribution in [3.63, 3.8) is 0 Å². The molecule has 2 heterocycles. The molecule has 0 unspecified atom stereocenters. The molecule has 0 saturated heterocycles. The van der Waals surface area contributed by atoms with Crippen molar-refractivity contribution >= 4 is 16.7 Å². The Morgan fingerprint density at radius 2 is 2.16 bits per heavy atom. The van der Waals surface area contributed by atoms with Crippen LogP contribution in [0.3, 0.4) is 0 Å². The van der Waals surface area contributed by atoms with Crippen LogP contribution in [-0.2, 0) is 13.7 Å². The van der Waals surface area contributed by atoms with Gasteiger partial charge in [-0.1, -0.05) is 18.2 Å². The molecule has 6 heteroatoms. The lowest BCUT2D eigenvalue weighted by Crippen LogP contribution is -2.02. The number of hydrogen-bond acceptors (Lipinski definition) is 5. The minimum atomic E-state index is 0.329. The molecule has 1 aromatic carbocycles. The molecule has 19 heavy (non-hydrogen) atoms. The van der Waals surface area contributed by atoms with E-state index < -0.39 is 0 Å². The van der Waals surface area contributed by atoms with Gasteiger partial charge < -0.3 is 10.5 Å². The topological polar surface area (TPSA) is 78.8 Å². The molecule has 0 aliphatic carbocycles. The quantitative estimate of drug-likeness (QED) is 0.767. The molecule has 3 aromatic rings. The summed E-state index contributed by atoms with van der Waals surface area (Å²) >= 11 is 0. The van der Waals surface area contributed by atoms with Crippen molar-refractivity contribution < 1.29 is 4.74 Å². The summed E-state index contributed by atoms with van der Waals surface area (Å²) in [6, 6.07) is 8.00. The van der Waals surface area contributed by atoms with Gasteiger partial charge in [0, 0.05) is 12.4 Å². The number of para-hydroxylation sites is 1. The summed E-state index contributed by atoms with van der Waals surface area (Å²) in [5.41, 5.74) is 7.63. The number of nitrogen functional groups attached to an aromatic ring is 1. The molecule has 0 aliphatic heterocycles. The van der Waals surface area contributed by atoms with Crippen LogP contribution in [0, 0.1) is 0 Å². The largest absolute Gasteiger partial charge is 0.482 e. The minimum absolute atomic E-state index is 0.329. The molecule has 0 bridgehead atoms. The standard InChI is InChI=1S/C13H13N5O/c1-18-11-5-3-2-4-9(11)10(17-18)7-19-12-6-15-8-16-13(12)14/h2-6,8H,7H2,1H3,(H2,14,15,16). The second-order valence-electron chi connectivity index (χ2n) is 4.15. The van der Waals surface area contributed by atoms with Crippen LogP contribution in [0.2, 0.25) is 0 Å². The van der Waals surface area contributed by atoms with E-state index in [4.69, 9.17) is 10.5 Å². The lowest BCUT2D eigenvalue weighted by Gasteiger charge is -2.05. The number of rotatable bonds is 3. The molecule has 0 aliphatic rings. The zero-order valence-electron chi connectivity index (χ0n) is 10.4. The monoisotopic (exact) mass is 255 g/mol. The molecular weight excluding hydrogens is 242 g/mol. The highest BCUT2D eigenvalue weighted by atomic mass is 16.5. The number of fused-ring (bicyclic) bond motifs is 1. The van der Waals surface area contributed by atoms with E-state index in [0.29, 0.717) is 18.2 Å². The lowest BCUT2D eigenvalue weighted by molar-refractivity contribution is 0.301. The predicted octanol–water partition coefficient (Wildman–Crippen LogP) is 1.52. The number of anilines is 1. The Morgan fingerprint density at radius 1 is 1.32 bits per heavy atom. The summed E-state index contributed by atoms with van der Waals surface area (Å²) in [6.07, 6.45) is 2.94. The zero-order valence-corrected chi connectivity index (χ0v) is 10.4. The Kier molecular flexibility index (Phi) is 2.75. The molecule has 0 spiro atoms. The van der Waals surface area contributed by atoms with E-state index in [0.717, 1.165) is 16.6 Å². The van der Waals surface area contributed by atoms with Gasteiger partial charge in [-0.15, -0.1) is 0 Å². The van der Waals surface area contributed by atoms with E-state index in [-0.39, 0.29) is 0 Å². The van der Waals surface area contributed by atoms with Crippen LogP contribution in [0.25, 0.3) is 10.9 Å². The van der Waals surface area contributed by atoms with Crippen molar-refractivity contribution in [3.05, 3.63) is 42.5 Å². The van der Waals surface area contributed by atoms with Crippen LogP contribution in [0.4, 0.5) is 5.82 Å². The summed E-state index contributed by atoms with van der Waals surface area (Å²) in [7, 11) is 1.91. The molecule has 2 aromatic heterocycles. The zero-order chi connectivity index (χ0) is 13.2. The van der Waals surface area contributed by atoms with E-state index in [9.17, 15) is 0 Å². The Labute approximate surface area is 109 Å². The fraction of sp³-hybridized carbons (Fsp3) is 0.154. The van der Waals surface area contributed by atoms with Gasteiger partial charge in [-0.2, -0.15) is 5.10 Å². The van der Waals surface area contributed by atoms with E-state index in [2.05, 4.69) is 15.1 Å². The second kappa shape index (κ2) is 4.56. The van der Waals surface area contributed by atoms with Gasteiger partial charge in [0.1, 0.15) is 18.6 Å². The van der Waals surface area contributed by atoms with Crippen molar-refractivity contribution in [1.82, 2.24) is 19.7 Å². The summed E-state index contributed by atoms with van der Waals surface area (Å²) < 4.78 is 7.45. The Morgan fingerprint density at radius 3 is 3.00 bits per heavy atom. The Bertz CT molecular complexity index is 722. The third kappa shape index (κ3) is 2.08. The van der Waals surface area contributed by atoms with Crippen LogP contribution in [0.5, 0.6) is 5.75 Å². The molecule has 2 N–H and O–H groups in total. The number of benzene rings is 1. The lowest BCUT2D eigenvalue weighted by atomic mass is 10.2. The van der Waals surface area contributed by atoms with E-state index >= 15 is 0 Å². The molecule has 3 rings (SSSR count). The molecule has 96 valence electrons. The minimum Gasteiger partial charge on any atom is -0.482 e. The van der Waals surface area contributed by atoms with Gasteiger partial charge >= 0.3 is 0 Å². The molecule has 6 nitrogen and oxygen atoms in total. The fourth-order valence-corrected chi connectivity index (χ4v) is 1.98.